The molecule has 1 N–H and O–H groups in total. The predicted octanol–water partition coefficient (Wildman–Crippen LogP) is 2.22. The Bertz CT molecular complexity index is 549. The van der Waals surface area contributed by atoms with Gasteiger partial charge in [0, 0.05) is 6.07 Å². The van der Waals surface area contributed by atoms with Crippen LogP contribution >= 0.6 is 0 Å². The standard InChI is InChI=1S/C13H14N2O2/c1-9(17-11-6-4-3-5-7-11)12-8-13(16)15-10(2)14-12/h3-9H,1-2H3,(H,14,15,16)/t9-/m0/s1. The van der Waals surface area contributed by atoms with Crippen LogP contribution in [0, 0.1) is 6.92 Å². The fourth-order valence-electron chi connectivity index (χ4n) is 1.57. The quantitative estimate of drug-likeness (QED) is 0.879. The maximum absolute atomic E-state index is 11.3. The molecule has 0 saturated carbocycles. The molecule has 17 heavy (non-hydrogen) atoms. The largest absolute Gasteiger partial charge is 0.484 e. The second-order valence-electron chi connectivity index (χ2n) is 3.83. The van der Waals surface area contributed by atoms with Gasteiger partial charge in [-0.25, -0.2) is 4.98 Å². The summed E-state index contributed by atoms with van der Waals surface area (Å²) in [5.74, 6) is 1.36. The van der Waals surface area contributed by atoms with E-state index in [0.29, 0.717) is 11.5 Å². The lowest BCUT2D eigenvalue weighted by Crippen LogP contribution is -2.14. The van der Waals surface area contributed by atoms with Gasteiger partial charge in [-0.2, -0.15) is 0 Å². The number of para-hydroxylation sites is 1. The van der Waals surface area contributed by atoms with Crippen LogP contribution in [0.5, 0.6) is 5.75 Å². The lowest BCUT2D eigenvalue weighted by molar-refractivity contribution is 0.221. The van der Waals surface area contributed by atoms with Crippen LogP contribution in [0.2, 0.25) is 0 Å². The maximum atomic E-state index is 11.3. The van der Waals surface area contributed by atoms with Gasteiger partial charge in [0.05, 0.1) is 5.69 Å². The van der Waals surface area contributed by atoms with Crippen molar-refractivity contribution in [3.8, 4) is 5.75 Å². The molecule has 0 spiro atoms. The minimum Gasteiger partial charge on any atom is -0.484 e. The molecule has 0 aliphatic carbocycles. The van der Waals surface area contributed by atoms with E-state index in [1.807, 2.05) is 37.3 Å². The average molecular weight is 230 g/mol. The zero-order valence-corrected chi connectivity index (χ0v) is 9.81. The molecule has 2 rings (SSSR count). The van der Waals surface area contributed by atoms with E-state index < -0.39 is 0 Å². The number of hydrogen-bond donors (Lipinski definition) is 1. The SMILES string of the molecule is Cc1nc([C@H](C)Oc2ccccc2)cc(=O)[nH]1. The number of rotatable bonds is 3. The van der Waals surface area contributed by atoms with E-state index in [0.717, 1.165) is 5.75 Å². The Morgan fingerprint density at radius 3 is 2.65 bits per heavy atom. The fourth-order valence-corrected chi connectivity index (χ4v) is 1.57. The number of aromatic nitrogens is 2. The third-order valence-electron chi connectivity index (χ3n) is 2.35. The third-order valence-corrected chi connectivity index (χ3v) is 2.35. The van der Waals surface area contributed by atoms with E-state index >= 15 is 0 Å². The smallest absolute Gasteiger partial charge is 0.251 e. The van der Waals surface area contributed by atoms with Gasteiger partial charge in [-0.15, -0.1) is 0 Å². The number of nitrogens with one attached hydrogen (secondary N) is 1. The summed E-state index contributed by atoms with van der Waals surface area (Å²) in [5.41, 5.74) is 0.478. The highest BCUT2D eigenvalue weighted by Crippen LogP contribution is 2.18. The van der Waals surface area contributed by atoms with Crippen molar-refractivity contribution in [2.75, 3.05) is 0 Å². The molecule has 1 atom stereocenters. The van der Waals surface area contributed by atoms with E-state index in [2.05, 4.69) is 9.97 Å². The summed E-state index contributed by atoms with van der Waals surface area (Å²) in [4.78, 5) is 18.2. The fraction of sp³-hybridized carbons (Fsp3) is 0.231. The van der Waals surface area contributed by atoms with Crippen molar-refractivity contribution < 1.29 is 4.74 Å². The van der Waals surface area contributed by atoms with Gasteiger partial charge in [-0.3, -0.25) is 4.79 Å². The van der Waals surface area contributed by atoms with Gasteiger partial charge >= 0.3 is 0 Å². The highest BCUT2D eigenvalue weighted by Gasteiger charge is 2.10. The zero-order chi connectivity index (χ0) is 12.3. The lowest BCUT2D eigenvalue weighted by atomic mass is 10.2. The monoisotopic (exact) mass is 230 g/mol. The van der Waals surface area contributed by atoms with Crippen LogP contribution in [0.3, 0.4) is 0 Å². The normalized spacial score (nSPS) is 12.1. The van der Waals surface area contributed by atoms with Gasteiger partial charge in [0.2, 0.25) is 0 Å². The summed E-state index contributed by atoms with van der Waals surface area (Å²) in [6.45, 7) is 3.62. The molecule has 1 aromatic carbocycles. The molecule has 0 bridgehead atoms. The molecule has 0 aliphatic rings. The van der Waals surface area contributed by atoms with Crippen molar-refractivity contribution in [1.82, 2.24) is 9.97 Å². The highest BCUT2D eigenvalue weighted by molar-refractivity contribution is 5.22. The van der Waals surface area contributed by atoms with E-state index in [1.54, 1.807) is 6.92 Å². The molecule has 0 amide bonds. The van der Waals surface area contributed by atoms with Gasteiger partial charge in [0.25, 0.3) is 5.56 Å². The van der Waals surface area contributed by atoms with Gasteiger partial charge < -0.3 is 9.72 Å². The van der Waals surface area contributed by atoms with Crippen LogP contribution in [0.1, 0.15) is 24.5 Å². The second-order valence-corrected chi connectivity index (χ2v) is 3.83. The molecular weight excluding hydrogens is 216 g/mol. The van der Waals surface area contributed by atoms with Crippen LogP contribution < -0.4 is 10.3 Å². The van der Waals surface area contributed by atoms with Crippen molar-refractivity contribution in [3.63, 3.8) is 0 Å². The first-order valence-electron chi connectivity index (χ1n) is 5.45. The molecule has 0 radical (unpaired) electrons. The van der Waals surface area contributed by atoms with Gasteiger partial charge in [0.1, 0.15) is 17.7 Å². The number of aromatic amines is 1. The molecule has 0 unspecified atom stereocenters. The molecule has 0 aliphatic heterocycles. The predicted molar refractivity (Wildman–Crippen MR) is 65.1 cm³/mol. The van der Waals surface area contributed by atoms with Crippen LogP contribution in [-0.4, -0.2) is 9.97 Å². The first-order chi connectivity index (χ1) is 8.15. The van der Waals surface area contributed by atoms with Crippen molar-refractivity contribution in [2.24, 2.45) is 0 Å². The second kappa shape index (κ2) is 4.82. The number of ether oxygens (including phenoxy) is 1. The zero-order valence-electron chi connectivity index (χ0n) is 9.81. The Hall–Kier alpha value is -2.10. The Morgan fingerprint density at radius 2 is 2.00 bits per heavy atom. The number of H-pyrrole nitrogens is 1. The topological polar surface area (TPSA) is 55.0 Å². The van der Waals surface area contributed by atoms with Crippen LogP contribution in [-0.2, 0) is 0 Å². The molecule has 2 aromatic rings. The van der Waals surface area contributed by atoms with E-state index in [4.69, 9.17) is 4.74 Å². The molecule has 4 nitrogen and oxygen atoms in total. The summed E-state index contributed by atoms with van der Waals surface area (Å²) >= 11 is 0. The molecule has 0 saturated heterocycles. The average Bonchev–Trinajstić information content (AvgIpc) is 2.29. The van der Waals surface area contributed by atoms with Crippen molar-refractivity contribution >= 4 is 0 Å². The van der Waals surface area contributed by atoms with Crippen LogP contribution in [0.4, 0.5) is 0 Å². The molecule has 1 aromatic heterocycles. The Kier molecular flexibility index (Phi) is 3.23. The summed E-state index contributed by atoms with van der Waals surface area (Å²) in [5, 5.41) is 0. The molecular formula is C13H14N2O2. The molecule has 0 fully saturated rings. The first-order valence-corrected chi connectivity index (χ1v) is 5.45. The highest BCUT2D eigenvalue weighted by atomic mass is 16.5. The van der Waals surface area contributed by atoms with Crippen molar-refractivity contribution in [2.45, 2.75) is 20.0 Å². The van der Waals surface area contributed by atoms with Gasteiger partial charge in [-0.05, 0) is 26.0 Å². The van der Waals surface area contributed by atoms with Crippen molar-refractivity contribution in [3.05, 3.63) is 58.3 Å². The Balaban J connectivity index is 2.20. The Morgan fingerprint density at radius 1 is 1.29 bits per heavy atom. The summed E-state index contributed by atoms with van der Waals surface area (Å²) in [7, 11) is 0. The van der Waals surface area contributed by atoms with Crippen LogP contribution in [0.15, 0.2) is 41.2 Å². The third kappa shape index (κ3) is 2.93. The number of nitrogens with zero attached hydrogens (tertiary/aromatic N) is 1. The van der Waals surface area contributed by atoms with Crippen molar-refractivity contribution in [1.29, 1.82) is 0 Å². The van der Waals surface area contributed by atoms with E-state index in [1.165, 1.54) is 6.07 Å². The summed E-state index contributed by atoms with van der Waals surface area (Å²) in [6, 6.07) is 10.9. The molecule has 4 heteroatoms. The van der Waals surface area contributed by atoms with Crippen LogP contribution in [0.25, 0.3) is 0 Å². The minimum absolute atomic E-state index is 0.156. The maximum Gasteiger partial charge on any atom is 0.251 e. The van der Waals surface area contributed by atoms with Gasteiger partial charge in [-0.1, -0.05) is 18.2 Å². The lowest BCUT2D eigenvalue weighted by Gasteiger charge is -2.14. The van der Waals surface area contributed by atoms with E-state index in [9.17, 15) is 4.79 Å². The number of aryl methyl sites for hydroxylation is 1. The number of hydrogen-bond acceptors (Lipinski definition) is 3. The summed E-state index contributed by atoms with van der Waals surface area (Å²) < 4.78 is 5.70. The molecule has 88 valence electrons. The Labute approximate surface area is 99.3 Å². The minimum atomic E-state index is -0.251. The first kappa shape index (κ1) is 11.4. The summed E-state index contributed by atoms with van der Waals surface area (Å²) in [6.07, 6.45) is -0.251. The van der Waals surface area contributed by atoms with E-state index in [-0.39, 0.29) is 11.7 Å². The number of benzene rings is 1. The molecule has 1 heterocycles. The van der Waals surface area contributed by atoms with Gasteiger partial charge in [0.15, 0.2) is 0 Å².